The van der Waals surface area contributed by atoms with Gasteiger partial charge in [-0.2, -0.15) is 0 Å². The molecule has 1 atom stereocenters. The summed E-state index contributed by atoms with van der Waals surface area (Å²) in [5.74, 6) is 0.653. The lowest BCUT2D eigenvalue weighted by molar-refractivity contribution is -0.135. The zero-order valence-electron chi connectivity index (χ0n) is 18.5. The summed E-state index contributed by atoms with van der Waals surface area (Å²) in [4.78, 5) is 30.4. The molecule has 0 aliphatic carbocycles. The topological polar surface area (TPSA) is 61.9 Å². The fraction of sp³-hybridized carbons (Fsp3) is 0.478. The van der Waals surface area contributed by atoms with Crippen LogP contribution < -0.4 is 10.1 Å². The van der Waals surface area contributed by atoms with Gasteiger partial charge in [0.2, 0.25) is 5.91 Å². The molecule has 1 aliphatic rings. The lowest BCUT2D eigenvalue weighted by Gasteiger charge is -2.37. The Morgan fingerprint density at radius 1 is 1.35 bits per heavy atom. The van der Waals surface area contributed by atoms with Crippen LogP contribution in [0.4, 0.5) is 4.79 Å². The van der Waals surface area contributed by atoms with Gasteiger partial charge in [-0.15, -0.1) is 11.3 Å². The molecule has 6 nitrogen and oxygen atoms in total. The Hall–Kier alpha value is -2.25. The fourth-order valence-electron chi connectivity index (χ4n) is 3.73. The smallest absolute Gasteiger partial charge is 0.318 e. The molecule has 1 aromatic carbocycles. The lowest BCUT2D eigenvalue weighted by Crippen LogP contribution is -2.51. The predicted molar refractivity (Wildman–Crippen MR) is 125 cm³/mol. The SMILES string of the molecule is CCNC(=O)N(CC(=O)N1CCc2sccc2C1COc1ccc(Cl)c(C)c1)C(C)C. The van der Waals surface area contributed by atoms with E-state index in [0.717, 1.165) is 23.3 Å². The number of halogens is 1. The van der Waals surface area contributed by atoms with Crippen molar-refractivity contribution in [2.45, 2.75) is 46.2 Å². The third-order valence-electron chi connectivity index (χ3n) is 5.47. The van der Waals surface area contributed by atoms with Crippen LogP contribution in [0, 0.1) is 6.92 Å². The van der Waals surface area contributed by atoms with Gasteiger partial charge in [0.1, 0.15) is 18.9 Å². The summed E-state index contributed by atoms with van der Waals surface area (Å²) in [6.07, 6.45) is 0.818. The number of carbonyl (C=O) groups is 2. The van der Waals surface area contributed by atoms with Crippen LogP contribution in [0.5, 0.6) is 5.75 Å². The van der Waals surface area contributed by atoms with Gasteiger partial charge in [-0.25, -0.2) is 4.79 Å². The predicted octanol–water partition coefficient (Wildman–Crippen LogP) is 4.65. The molecule has 1 aromatic heterocycles. The molecule has 0 saturated heterocycles. The molecule has 0 fully saturated rings. The first-order valence-corrected chi connectivity index (χ1v) is 11.9. The highest BCUT2D eigenvalue weighted by molar-refractivity contribution is 7.10. The van der Waals surface area contributed by atoms with E-state index in [1.165, 1.54) is 4.88 Å². The van der Waals surface area contributed by atoms with E-state index >= 15 is 0 Å². The number of carbonyl (C=O) groups excluding carboxylic acids is 2. The normalized spacial score (nSPS) is 15.5. The van der Waals surface area contributed by atoms with Crippen LogP contribution in [-0.4, -0.2) is 54.0 Å². The second kappa shape index (κ2) is 10.4. The minimum Gasteiger partial charge on any atom is -0.491 e. The van der Waals surface area contributed by atoms with Crippen LogP contribution in [-0.2, 0) is 11.2 Å². The Morgan fingerprint density at radius 3 is 2.81 bits per heavy atom. The van der Waals surface area contributed by atoms with E-state index in [-0.39, 0.29) is 30.6 Å². The minimum atomic E-state index is -0.219. The molecule has 2 aromatic rings. The number of fused-ring (bicyclic) bond motifs is 1. The summed E-state index contributed by atoms with van der Waals surface area (Å²) >= 11 is 7.84. The maximum Gasteiger partial charge on any atom is 0.318 e. The van der Waals surface area contributed by atoms with Gasteiger partial charge in [-0.1, -0.05) is 11.6 Å². The first kappa shape index (κ1) is 23.4. The summed E-state index contributed by atoms with van der Waals surface area (Å²) in [7, 11) is 0. The molecule has 3 amide bonds. The van der Waals surface area contributed by atoms with Crippen LogP contribution in [0.25, 0.3) is 0 Å². The van der Waals surface area contributed by atoms with Crippen molar-refractivity contribution in [2.24, 2.45) is 0 Å². The van der Waals surface area contributed by atoms with Crippen molar-refractivity contribution < 1.29 is 14.3 Å². The van der Waals surface area contributed by atoms with Crippen molar-refractivity contribution in [1.82, 2.24) is 15.1 Å². The molecule has 3 rings (SSSR count). The fourth-order valence-corrected chi connectivity index (χ4v) is 4.78. The monoisotopic (exact) mass is 463 g/mol. The van der Waals surface area contributed by atoms with Crippen LogP contribution in [0.15, 0.2) is 29.6 Å². The summed E-state index contributed by atoms with van der Waals surface area (Å²) in [5.41, 5.74) is 2.07. The highest BCUT2D eigenvalue weighted by Gasteiger charge is 2.34. The molecule has 1 N–H and O–H groups in total. The number of aryl methyl sites for hydroxylation is 1. The van der Waals surface area contributed by atoms with Crippen LogP contribution in [0.1, 0.15) is 42.8 Å². The second-order valence-corrected chi connectivity index (χ2v) is 9.34. The summed E-state index contributed by atoms with van der Waals surface area (Å²) in [6, 6.07) is 7.15. The molecule has 0 saturated carbocycles. The molecule has 0 radical (unpaired) electrons. The molecule has 0 spiro atoms. The number of nitrogens with one attached hydrogen (secondary N) is 1. The van der Waals surface area contributed by atoms with Gasteiger partial charge in [0, 0.05) is 29.0 Å². The van der Waals surface area contributed by atoms with Gasteiger partial charge >= 0.3 is 6.03 Å². The molecule has 8 heteroatoms. The van der Waals surface area contributed by atoms with E-state index in [9.17, 15) is 9.59 Å². The van der Waals surface area contributed by atoms with E-state index in [1.54, 1.807) is 16.2 Å². The van der Waals surface area contributed by atoms with Gasteiger partial charge in [0.05, 0.1) is 6.04 Å². The van der Waals surface area contributed by atoms with Gasteiger partial charge in [0.25, 0.3) is 0 Å². The number of urea groups is 1. The van der Waals surface area contributed by atoms with E-state index in [0.29, 0.717) is 24.7 Å². The van der Waals surface area contributed by atoms with Crippen molar-refractivity contribution in [2.75, 3.05) is 26.2 Å². The van der Waals surface area contributed by atoms with Crippen molar-refractivity contribution in [3.8, 4) is 5.75 Å². The van der Waals surface area contributed by atoms with E-state index in [2.05, 4.69) is 16.8 Å². The first-order valence-electron chi connectivity index (χ1n) is 10.6. The van der Waals surface area contributed by atoms with Crippen molar-refractivity contribution in [3.63, 3.8) is 0 Å². The summed E-state index contributed by atoms with van der Waals surface area (Å²) in [5, 5.41) is 5.56. The Bertz CT molecular complexity index is 931. The van der Waals surface area contributed by atoms with E-state index in [1.807, 2.05) is 50.8 Å². The molecule has 31 heavy (non-hydrogen) atoms. The number of thiophene rings is 1. The zero-order chi connectivity index (χ0) is 22.5. The highest BCUT2D eigenvalue weighted by Crippen LogP contribution is 2.34. The van der Waals surface area contributed by atoms with E-state index < -0.39 is 0 Å². The number of rotatable bonds is 7. The molecular formula is C23H30ClN3O3S. The standard InChI is InChI=1S/C23H30ClN3O3S/c1-5-25-23(29)27(15(2)3)13-22(28)26-10-8-21-18(9-11-31-21)20(26)14-30-17-6-7-19(24)16(4)12-17/h6-7,9,11-12,15,20H,5,8,10,13-14H2,1-4H3,(H,25,29). The molecular weight excluding hydrogens is 434 g/mol. The van der Waals surface area contributed by atoms with Crippen LogP contribution >= 0.6 is 22.9 Å². The van der Waals surface area contributed by atoms with Crippen molar-refractivity contribution >= 4 is 34.9 Å². The Balaban J connectivity index is 1.78. The number of hydrogen-bond acceptors (Lipinski definition) is 4. The minimum absolute atomic E-state index is 0.0412. The van der Waals surface area contributed by atoms with Crippen LogP contribution in [0.2, 0.25) is 5.02 Å². The molecule has 1 unspecified atom stereocenters. The van der Waals surface area contributed by atoms with Gasteiger partial charge < -0.3 is 19.9 Å². The second-order valence-electron chi connectivity index (χ2n) is 7.93. The Morgan fingerprint density at radius 2 is 2.13 bits per heavy atom. The third-order valence-corrected chi connectivity index (χ3v) is 6.89. The van der Waals surface area contributed by atoms with E-state index in [4.69, 9.17) is 16.3 Å². The first-order chi connectivity index (χ1) is 14.8. The maximum absolute atomic E-state index is 13.3. The quantitative estimate of drug-likeness (QED) is 0.649. The number of nitrogens with zero attached hydrogens (tertiary/aromatic N) is 2. The lowest BCUT2D eigenvalue weighted by atomic mass is 10.0. The van der Waals surface area contributed by atoms with Gasteiger partial charge in [0.15, 0.2) is 0 Å². The molecule has 0 bridgehead atoms. The van der Waals surface area contributed by atoms with Crippen LogP contribution in [0.3, 0.4) is 0 Å². The Labute approximate surface area is 193 Å². The van der Waals surface area contributed by atoms with Gasteiger partial charge in [-0.05, 0) is 74.9 Å². The van der Waals surface area contributed by atoms with Gasteiger partial charge in [-0.3, -0.25) is 4.79 Å². The molecule has 1 aliphatic heterocycles. The maximum atomic E-state index is 13.3. The number of amides is 3. The highest BCUT2D eigenvalue weighted by atomic mass is 35.5. The van der Waals surface area contributed by atoms with Crippen molar-refractivity contribution in [3.05, 3.63) is 50.7 Å². The number of ether oxygens (including phenoxy) is 1. The molecule has 2 heterocycles. The summed E-state index contributed by atoms with van der Waals surface area (Å²) < 4.78 is 6.09. The number of hydrogen-bond donors (Lipinski definition) is 1. The molecule has 168 valence electrons. The third kappa shape index (κ3) is 5.52. The Kier molecular flexibility index (Phi) is 7.84. The number of benzene rings is 1. The average molecular weight is 464 g/mol. The summed E-state index contributed by atoms with van der Waals surface area (Å²) in [6.45, 7) is 9.16. The van der Waals surface area contributed by atoms with Crippen molar-refractivity contribution in [1.29, 1.82) is 0 Å². The largest absolute Gasteiger partial charge is 0.491 e. The zero-order valence-corrected chi connectivity index (χ0v) is 20.1. The average Bonchev–Trinajstić information content (AvgIpc) is 3.21.